The molecule has 0 aliphatic heterocycles. The SMILES string of the molecule is CCCNC(C)Cc1ncc(Cl)cc1[N+](=O)[O-]. The molecule has 94 valence electrons. The van der Waals surface area contributed by atoms with Gasteiger partial charge in [-0.1, -0.05) is 18.5 Å². The molecular formula is C11H16ClN3O2. The van der Waals surface area contributed by atoms with Gasteiger partial charge in [-0.15, -0.1) is 0 Å². The molecule has 1 aromatic rings. The second-order valence-corrected chi connectivity index (χ2v) is 4.37. The number of nitrogens with zero attached hydrogens (tertiary/aromatic N) is 2. The van der Waals surface area contributed by atoms with Gasteiger partial charge in [0.2, 0.25) is 0 Å². The van der Waals surface area contributed by atoms with Crippen molar-refractivity contribution in [1.29, 1.82) is 0 Å². The molecule has 0 amide bonds. The molecule has 0 fully saturated rings. The Kier molecular flexibility index (Phi) is 5.31. The lowest BCUT2D eigenvalue weighted by Crippen LogP contribution is -2.29. The van der Waals surface area contributed by atoms with Gasteiger partial charge in [0.25, 0.3) is 5.69 Å². The van der Waals surface area contributed by atoms with E-state index in [0.717, 1.165) is 13.0 Å². The third-order valence-corrected chi connectivity index (χ3v) is 2.56. The van der Waals surface area contributed by atoms with Crippen LogP contribution in [-0.4, -0.2) is 22.5 Å². The zero-order valence-electron chi connectivity index (χ0n) is 9.94. The Hall–Kier alpha value is -1.20. The van der Waals surface area contributed by atoms with E-state index in [2.05, 4.69) is 17.2 Å². The molecule has 0 aromatic carbocycles. The monoisotopic (exact) mass is 257 g/mol. The molecule has 0 saturated carbocycles. The van der Waals surface area contributed by atoms with Crippen LogP contribution in [0.5, 0.6) is 0 Å². The molecule has 1 unspecified atom stereocenters. The zero-order chi connectivity index (χ0) is 12.8. The molecule has 0 radical (unpaired) electrons. The number of hydrogen-bond donors (Lipinski definition) is 1. The Morgan fingerprint density at radius 3 is 2.94 bits per heavy atom. The van der Waals surface area contributed by atoms with E-state index < -0.39 is 4.92 Å². The third-order valence-electron chi connectivity index (χ3n) is 2.35. The summed E-state index contributed by atoms with van der Waals surface area (Å²) < 4.78 is 0. The highest BCUT2D eigenvalue weighted by molar-refractivity contribution is 6.30. The lowest BCUT2D eigenvalue weighted by molar-refractivity contribution is -0.385. The van der Waals surface area contributed by atoms with E-state index in [1.807, 2.05) is 6.92 Å². The number of halogens is 1. The number of hydrogen-bond acceptors (Lipinski definition) is 4. The molecule has 0 aliphatic rings. The van der Waals surface area contributed by atoms with Gasteiger partial charge in [-0.25, -0.2) is 0 Å². The molecule has 0 saturated heterocycles. The summed E-state index contributed by atoms with van der Waals surface area (Å²) in [5.74, 6) is 0. The fourth-order valence-corrected chi connectivity index (χ4v) is 1.68. The first-order valence-corrected chi connectivity index (χ1v) is 5.94. The highest BCUT2D eigenvalue weighted by Gasteiger charge is 2.17. The fraction of sp³-hybridized carbons (Fsp3) is 0.545. The number of aromatic nitrogens is 1. The van der Waals surface area contributed by atoms with Crippen LogP contribution in [0.15, 0.2) is 12.3 Å². The maximum atomic E-state index is 10.9. The molecule has 6 heteroatoms. The van der Waals surface area contributed by atoms with Crippen molar-refractivity contribution in [2.45, 2.75) is 32.7 Å². The number of nitrogens with one attached hydrogen (secondary N) is 1. The van der Waals surface area contributed by atoms with Crippen molar-refractivity contribution in [3.8, 4) is 0 Å². The van der Waals surface area contributed by atoms with E-state index in [9.17, 15) is 10.1 Å². The lowest BCUT2D eigenvalue weighted by Gasteiger charge is -2.12. The normalized spacial score (nSPS) is 12.4. The molecule has 1 N–H and O–H groups in total. The Labute approximate surface area is 105 Å². The topological polar surface area (TPSA) is 68.1 Å². The summed E-state index contributed by atoms with van der Waals surface area (Å²) in [5, 5.41) is 14.4. The first-order chi connectivity index (χ1) is 8.04. The average molecular weight is 258 g/mol. The Balaban J connectivity index is 2.79. The zero-order valence-corrected chi connectivity index (χ0v) is 10.7. The number of nitro groups is 1. The van der Waals surface area contributed by atoms with E-state index in [1.54, 1.807) is 0 Å². The summed E-state index contributed by atoms with van der Waals surface area (Å²) in [6.07, 6.45) is 2.99. The third kappa shape index (κ3) is 4.28. The van der Waals surface area contributed by atoms with Crippen LogP contribution in [0.2, 0.25) is 5.02 Å². The summed E-state index contributed by atoms with van der Waals surface area (Å²) in [6.45, 7) is 4.95. The first-order valence-electron chi connectivity index (χ1n) is 5.56. The van der Waals surface area contributed by atoms with Crippen LogP contribution in [-0.2, 0) is 6.42 Å². The van der Waals surface area contributed by atoms with Gasteiger partial charge in [0.15, 0.2) is 0 Å². The minimum absolute atomic E-state index is 0.0114. The lowest BCUT2D eigenvalue weighted by atomic mass is 10.1. The Morgan fingerprint density at radius 2 is 2.35 bits per heavy atom. The summed E-state index contributed by atoms with van der Waals surface area (Å²) in [5.41, 5.74) is 0.457. The second-order valence-electron chi connectivity index (χ2n) is 3.94. The maximum absolute atomic E-state index is 10.9. The van der Waals surface area contributed by atoms with Gasteiger partial charge in [-0.05, 0) is 19.9 Å². The Bertz CT molecular complexity index is 398. The van der Waals surface area contributed by atoms with Gasteiger partial charge in [0.1, 0.15) is 5.69 Å². The molecule has 0 aliphatic carbocycles. The number of rotatable bonds is 6. The smallest absolute Gasteiger partial charge is 0.292 e. The standard InChI is InChI=1S/C11H16ClN3O2/c1-3-4-13-8(2)5-10-11(15(16)17)6-9(12)7-14-10/h6-8,13H,3-5H2,1-2H3. The van der Waals surface area contributed by atoms with E-state index in [0.29, 0.717) is 12.1 Å². The number of pyridine rings is 1. The minimum atomic E-state index is -0.444. The van der Waals surface area contributed by atoms with Gasteiger partial charge in [0.05, 0.1) is 9.95 Å². The van der Waals surface area contributed by atoms with Crippen molar-refractivity contribution >= 4 is 17.3 Å². The van der Waals surface area contributed by atoms with Crippen molar-refractivity contribution in [1.82, 2.24) is 10.3 Å². The van der Waals surface area contributed by atoms with Gasteiger partial charge < -0.3 is 5.32 Å². The van der Waals surface area contributed by atoms with Crippen LogP contribution in [0, 0.1) is 10.1 Å². The van der Waals surface area contributed by atoms with Crippen LogP contribution in [0.4, 0.5) is 5.69 Å². The van der Waals surface area contributed by atoms with Crippen LogP contribution in [0.3, 0.4) is 0 Å². The predicted molar refractivity (Wildman–Crippen MR) is 67.4 cm³/mol. The van der Waals surface area contributed by atoms with E-state index >= 15 is 0 Å². The van der Waals surface area contributed by atoms with Crippen LogP contribution >= 0.6 is 11.6 Å². The largest absolute Gasteiger partial charge is 0.314 e. The summed E-state index contributed by atoms with van der Waals surface area (Å²) in [7, 11) is 0. The van der Waals surface area contributed by atoms with Crippen molar-refractivity contribution in [3.63, 3.8) is 0 Å². The highest BCUT2D eigenvalue weighted by Crippen LogP contribution is 2.21. The predicted octanol–water partition coefficient (Wildman–Crippen LogP) is 2.57. The van der Waals surface area contributed by atoms with Gasteiger partial charge in [0, 0.05) is 24.7 Å². The van der Waals surface area contributed by atoms with E-state index in [-0.39, 0.29) is 16.8 Å². The minimum Gasteiger partial charge on any atom is -0.314 e. The van der Waals surface area contributed by atoms with Crippen LogP contribution in [0.25, 0.3) is 0 Å². The second kappa shape index (κ2) is 6.51. The van der Waals surface area contributed by atoms with Crippen LogP contribution < -0.4 is 5.32 Å². The molecule has 17 heavy (non-hydrogen) atoms. The van der Waals surface area contributed by atoms with Crippen molar-refractivity contribution < 1.29 is 4.92 Å². The van der Waals surface area contributed by atoms with Gasteiger partial charge in [-0.3, -0.25) is 15.1 Å². The Morgan fingerprint density at radius 1 is 1.65 bits per heavy atom. The van der Waals surface area contributed by atoms with Crippen molar-refractivity contribution in [2.75, 3.05) is 6.54 Å². The molecule has 1 atom stereocenters. The quantitative estimate of drug-likeness (QED) is 0.628. The van der Waals surface area contributed by atoms with Crippen molar-refractivity contribution in [2.24, 2.45) is 0 Å². The maximum Gasteiger partial charge on any atom is 0.292 e. The fourth-order valence-electron chi connectivity index (χ4n) is 1.53. The highest BCUT2D eigenvalue weighted by atomic mass is 35.5. The molecule has 0 spiro atoms. The first kappa shape index (κ1) is 13.9. The summed E-state index contributed by atoms with van der Waals surface area (Å²) in [4.78, 5) is 14.4. The van der Waals surface area contributed by atoms with Crippen molar-refractivity contribution in [3.05, 3.63) is 33.1 Å². The van der Waals surface area contributed by atoms with Gasteiger partial charge in [-0.2, -0.15) is 0 Å². The molecule has 1 rings (SSSR count). The molecule has 5 nitrogen and oxygen atoms in total. The molecule has 0 bridgehead atoms. The van der Waals surface area contributed by atoms with E-state index in [4.69, 9.17) is 11.6 Å². The van der Waals surface area contributed by atoms with Crippen LogP contribution in [0.1, 0.15) is 26.0 Å². The summed E-state index contributed by atoms with van der Waals surface area (Å²) in [6, 6.07) is 1.50. The molecule has 1 heterocycles. The molecule has 1 aromatic heterocycles. The van der Waals surface area contributed by atoms with E-state index in [1.165, 1.54) is 12.3 Å². The van der Waals surface area contributed by atoms with Gasteiger partial charge >= 0.3 is 0 Å². The summed E-state index contributed by atoms with van der Waals surface area (Å²) >= 11 is 5.70. The molecular weight excluding hydrogens is 242 g/mol. The average Bonchev–Trinajstić information content (AvgIpc) is 2.28.